The number of aromatic nitrogens is 1. The molecule has 0 fully saturated rings. The first kappa shape index (κ1) is 26.8. The van der Waals surface area contributed by atoms with Crippen LogP contribution < -0.4 is 14.8 Å². The van der Waals surface area contributed by atoms with Gasteiger partial charge in [-0.25, -0.2) is 4.98 Å². The molecule has 33 heavy (non-hydrogen) atoms. The number of methoxy groups -OCH3 is 2. The molecule has 7 nitrogen and oxygen atoms in total. The number of rotatable bonds is 8. The highest BCUT2D eigenvalue weighted by atomic mass is 35.5. The van der Waals surface area contributed by atoms with E-state index >= 15 is 0 Å². The van der Waals surface area contributed by atoms with E-state index in [9.17, 15) is 9.59 Å². The van der Waals surface area contributed by atoms with E-state index in [1.54, 1.807) is 24.4 Å². The third kappa shape index (κ3) is 6.76. The van der Waals surface area contributed by atoms with Crippen LogP contribution >= 0.6 is 34.8 Å². The van der Waals surface area contributed by atoms with Crippen LogP contribution in [0.25, 0.3) is 11.8 Å². The summed E-state index contributed by atoms with van der Waals surface area (Å²) in [6.45, 7) is 7.09. The summed E-state index contributed by atoms with van der Waals surface area (Å²) in [6.07, 6.45) is 3.74. The molecule has 1 N–H and O–H groups in total. The molecular weight excluding hydrogens is 489 g/mol. The van der Waals surface area contributed by atoms with Crippen molar-refractivity contribution in [3.63, 3.8) is 0 Å². The van der Waals surface area contributed by atoms with Gasteiger partial charge in [-0.05, 0) is 51.0 Å². The summed E-state index contributed by atoms with van der Waals surface area (Å²) in [7, 11) is 2.90. The maximum absolute atomic E-state index is 12.7. The Morgan fingerprint density at radius 2 is 1.70 bits per heavy atom. The van der Waals surface area contributed by atoms with Gasteiger partial charge in [-0.1, -0.05) is 34.8 Å². The molecule has 0 aliphatic carbocycles. The van der Waals surface area contributed by atoms with E-state index in [1.165, 1.54) is 19.1 Å². The molecule has 178 valence electrons. The van der Waals surface area contributed by atoms with E-state index in [2.05, 4.69) is 10.3 Å². The van der Waals surface area contributed by atoms with E-state index < -0.39 is 5.54 Å². The normalized spacial score (nSPS) is 11.7. The second-order valence-corrected chi connectivity index (χ2v) is 9.35. The maximum Gasteiger partial charge on any atom is 0.240 e. The largest absolute Gasteiger partial charge is 0.495 e. The number of pyridine rings is 1. The molecule has 2 amide bonds. The van der Waals surface area contributed by atoms with Crippen LogP contribution in [0.2, 0.25) is 15.2 Å². The van der Waals surface area contributed by atoms with Gasteiger partial charge >= 0.3 is 0 Å². The Kier molecular flexibility index (Phi) is 9.00. The van der Waals surface area contributed by atoms with Crippen LogP contribution in [0.4, 0.5) is 0 Å². The quantitative estimate of drug-likeness (QED) is 0.385. The number of hydrogen-bond acceptors (Lipinski definition) is 5. The second kappa shape index (κ2) is 11.1. The summed E-state index contributed by atoms with van der Waals surface area (Å²) in [5.74, 6) is 0.207. The van der Waals surface area contributed by atoms with Crippen molar-refractivity contribution >= 4 is 58.9 Å². The number of hydrogen-bond donors (Lipinski definition) is 1. The number of carbonyl (C=O) groups excluding carboxylic acids is 2. The summed E-state index contributed by atoms with van der Waals surface area (Å²) in [6, 6.07) is 3.22. The van der Waals surface area contributed by atoms with Gasteiger partial charge in [0.2, 0.25) is 12.3 Å². The summed E-state index contributed by atoms with van der Waals surface area (Å²) < 4.78 is 10.7. The molecule has 1 aromatic carbocycles. The molecule has 0 aliphatic rings. The van der Waals surface area contributed by atoms with Crippen molar-refractivity contribution in [1.29, 1.82) is 0 Å². The highest BCUT2D eigenvalue weighted by Crippen LogP contribution is 2.45. The number of carbonyl (C=O) groups is 2. The van der Waals surface area contributed by atoms with E-state index in [-0.39, 0.29) is 45.3 Å². The van der Waals surface area contributed by atoms with Gasteiger partial charge in [-0.2, -0.15) is 0 Å². The van der Waals surface area contributed by atoms with E-state index in [4.69, 9.17) is 44.3 Å². The number of halogens is 3. The molecule has 1 aromatic heterocycles. The summed E-state index contributed by atoms with van der Waals surface area (Å²) in [5.41, 5.74) is 1.47. The number of nitrogens with zero attached hydrogens (tertiary/aromatic N) is 2. The molecule has 0 unspecified atom stereocenters. The summed E-state index contributed by atoms with van der Waals surface area (Å²) in [4.78, 5) is 30.2. The predicted octanol–water partition coefficient (Wildman–Crippen LogP) is 5.24. The molecule has 10 heteroatoms. The minimum Gasteiger partial charge on any atom is -0.495 e. The van der Waals surface area contributed by atoms with E-state index in [0.29, 0.717) is 17.1 Å². The van der Waals surface area contributed by atoms with Gasteiger partial charge in [0.05, 0.1) is 30.0 Å². The van der Waals surface area contributed by atoms with Gasteiger partial charge in [0, 0.05) is 23.4 Å². The smallest absolute Gasteiger partial charge is 0.240 e. The molecule has 2 aromatic rings. The van der Waals surface area contributed by atoms with Gasteiger partial charge in [0.1, 0.15) is 23.2 Å². The van der Waals surface area contributed by atoms with Crippen molar-refractivity contribution < 1.29 is 19.1 Å². The van der Waals surface area contributed by atoms with Crippen molar-refractivity contribution in [2.45, 2.75) is 33.2 Å². The zero-order valence-corrected chi connectivity index (χ0v) is 21.5. The Morgan fingerprint density at radius 1 is 1.12 bits per heavy atom. The molecule has 0 saturated carbocycles. The Balaban J connectivity index is 2.77. The average Bonchev–Trinajstić information content (AvgIpc) is 2.72. The van der Waals surface area contributed by atoms with Gasteiger partial charge in [0.15, 0.2) is 0 Å². The Morgan fingerprint density at radius 3 is 2.15 bits per heavy atom. The first-order chi connectivity index (χ1) is 15.4. The predicted molar refractivity (Wildman–Crippen MR) is 132 cm³/mol. The zero-order chi connectivity index (χ0) is 24.9. The molecule has 0 aliphatic heterocycles. The number of ether oxygens (including phenoxy) is 2. The van der Waals surface area contributed by atoms with Crippen LogP contribution in [-0.2, 0) is 9.59 Å². The van der Waals surface area contributed by atoms with Crippen molar-refractivity contribution in [3.05, 3.63) is 50.2 Å². The van der Waals surface area contributed by atoms with Gasteiger partial charge < -0.3 is 19.7 Å². The van der Waals surface area contributed by atoms with E-state index in [0.717, 1.165) is 5.56 Å². The summed E-state index contributed by atoms with van der Waals surface area (Å²) in [5, 5.41) is 3.46. The molecule has 0 atom stereocenters. The Bertz CT molecular complexity index is 1050. The number of nitrogens with one attached hydrogen (secondary N) is 1. The first-order valence-corrected chi connectivity index (χ1v) is 11.0. The third-order valence-electron chi connectivity index (χ3n) is 4.50. The monoisotopic (exact) mass is 513 g/mol. The first-order valence-electron chi connectivity index (χ1n) is 9.89. The fourth-order valence-electron chi connectivity index (χ4n) is 3.03. The van der Waals surface area contributed by atoms with Crippen LogP contribution in [0.15, 0.2) is 18.3 Å². The minimum atomic E-state index is -0.485. The van der Waals surface area contributed by atoms with Crippen molar-refractivity contribution in [2.24, 2.45) is 0 Å². The number of aryl methyl sites for hydroxylation is 1. The van der Waals surface area contributed by atoms with Crippen LogP contribution in [0, 0.1) is 6.92 Å². The average molecular weight is 515 g/mol. The number of amides is 2. The van der Waals surface area contributed by atoms with Crippen LogP contribution in [0.1, 0.15) is 37.5 Å². The van der Waals surface area contributed by atoms with E-state index in [1.807, 2.05) is 27.7 Å². The fourth-order valence-corrected chi connectivity index (χ4v) is 3.94. The highest BCUT2D eigenvalue weighted by molar-refractivity contribution is 6.39. The maximum atomic E-state index is 12.7. The molecule has 1 heterocycles. The zero-order valence-electron chi connectivity index (χ0n) is 19.3. The number of benzene rings is 1. The fraction of sp³-hybridized carbons (Fsp3) is 0.348. The summed E-state index contributed by atoms with van der Waals surface area (Å²) >= 11 is 19.2. The molecule has 0 saturated heterocycles. The van der Waals surface area contributed by atoms with Crippen LogP contribution in [0.5, 0.6) is 11.5 Å². The van der Waals surface area contributed by atoms with Crippen LogP contribution in [0.3, 0.4) is 0 Å². The third-order valence-corrected chi connectivity index (χ3v) is 5.46. The lowest BCUT2D eigenvalue weighted by Gasteiger charge is -2.26. The Hall–Kier alpha value is -2.48. The minimum absolute atomic E-state index is 0.150. The van der Waals surface area contributed by atoms with Crippen LogP contribution in [-0.4, -0.2) is 48.5 Å². The Labute approximate surface area is 208 Å². The highest BCUT2D eigenvalue weighted by Gasteiger charge is 2.26. The standard InChI is InChI=1S/C23H26Cl3N3O4/c1-13-7-18(24)27-10-14(13)8-15(29(12-30)11-19(31)28-23(2,3)4)20-21(25)16(32-5)9-17(33-6)22(20)26/h7-10,12H,11H2,1-6H3,(H,28,31)/b15-8-. The van der Waals surface area contributed by atoms with Gasteiger partial charge in [0.25, 0.3) is 0 Å². The molecule has 0 spiro atoms. The topological polar surface area (TPSA) is 80.8 Å². The molecule has 2 rings (SSSR count). The lowest BCUT2D eigenvalue weighted by atomic mass is 10.0. The molecular formula is C23H26Cl3N3O4. The van der Waals surface area contributed by atoms with Gasteiger partial charge in [-0.3, -0.25) is 9.59 Å². The lowest BCUT2D eigenvalue weighted by molar-refractivity contribution is -0.126. The lowest BCUT2D eigenvalue weighted by Crippen LogP contribution is -2.45. The van der Waals surface area contributed by atoms with Gasteiger partial charge in [-0.15, -0.1) is 0 Å². The second-order valence-electron chi connectivity index (χ2n) is 8.21. The molecule has 0 radical (unpaired) electrons. The van der Waals surface area contributed by atoms with Crippen molar-refractivity contribution in [3.8, 4) is 11.5 Å². The van der Waals surface area contributed by atoms with Crippen molar-refractivity contribution in [2.75, 3.05) is 20.8 Å². The van der Waals surface area contributed by atoms with Crippen molar-refractivity contribution in [1.82, 2.24) is 15.2 Å². The molecule has 0 bridgehead atoms. The SMILES string of the molecule is COc1cc(OC)c(Cl)c(/C(=C/c2cnc(Cl)cc2C)N(C=O)CC(=O)NC(C)(C)C)c1Cl.